The third kappa shape index (κ3) is 3.63. The highest BCUT2D eigenvalue weighted by Gasteiger charge is 2.18. The molecule has 0 atom stereocenters. The van der Waals surface area contributed by atoms with E-state index in [0.29, 0.717) is 26.4 Å². The van der Waals surface area contributed by atoms with E-state index in [9.17, 15) is 9.59 Å². The predicted molar refractivity (Wildman–Crippen MR) is 93.8 cm³/mol. The number of hydrogen-bond donors (Lipinski definition) is 2. The summed E-state index contributed by atoms with van der Waals surface area (Å²) in [5, 5.41) is 14.7. The molecule has 2 heterocycles. The van der Waals surface area contributed by atoms with E-state index in [1.165, 1.54) is 11.3 Å². The van der Waals surface area contributed by atoms with Gasteiger partial charge in [-0.15, -0.1) is 10.2 Å². The van der Waals surface area contributed by atoms with Gasteiger partial charge in [0.25, 0.3) is 11.8 Å². The Morgan fingerprint density at radius 3 is 2.29 bits per heavy atom. The van der Waals surface area contributed by atoms with Crippen molar-refractivity contribution in [2.75, 3.05) is 10.6 Å². The lowest BCUT2D eigenvalue weighted by molar-refractivity contribution is 0.102. The van der Waals surface area contributed by atoms with E-state index >= 15 is 0 Å². The van der Waals surface area contributed by atoms with Crippen molar-refractivity contribution in [3.05, 3.63) is 51.5 Å². The number of aryl methyl sites for hydroxylation is 2. The summed E-state index contributed by atoms with van der Waals surface area (Å²) in [5.74, 6) is -0.586. The minimum atomic E-state index is -0.318. The van der Waals surface area contributed by atoms with E-state index in [1.54, 1.807) is 31.2 Å². The summed E-state index contributed by atoms with van der Waals surface area (Å²) in [5.41, 5.74) is 1.07. The molecule has 0 fully saturated rings. The molecule has 0 saturated carbocycles. The van der Waals surface area contributed by atoms with Crippen LogP contribution in [0.4, 0.5) is 10.3 Å². The van der Waals surface area contributed by atoms with Crippen LogP contribution in [0.3, 0.4) is 0 Å². The maximum Gasteiger partial charge on any atom is 0.269 e. The Hall–Kier alpha value is -2.65. The van der Waals surface area contributed by atoms with Gasteiger partial charge in [0.15, 0.2) is 5.13 Å². The van der Waals surface area contributed by atoms with Crippen molar-refractivity contribution >= 4 is 44.8 Å². The molecule has 122 valence electrons. The lowest BCUT2D eigenvalue weighted by Crippen LogP contribution is -2.11. The van der Waals surface area contributed by atoms with E-state index < -0.39 is 0 Å². The molecular formula is C15H13N5O2S2. The quantitative estimate of drug-likeness (QED) is 0.746. The van der Waals surface area contributed by atoms with Gasteiger partial charge < -0.3 is 0 Å². The highest BCUT2D eigenvalue weighted by Crippen LogP contribution is 2.25. The van der Waals surface area contributed by atoms with Crippen LogP contribution in [0.1, 0.15) is 30.7 Å². The first kappa shape index (κ1) is 16.2. The molecule has 0 radical (unpaired) electrons. The second kappa shape index (κ2) is 6.85. The third-order valence-electron chi connectivity index (χ3n) is 3.01. The van der Waals surface area contributed by atoms with Gasteiger partial charge in [0.05, 0.1) is 5.69 Å². The van der Waals surface area contributed by atoms with Crippen LogP contribution in [-0.2, 0) is 0 Å². The average molecular weight is 359 g/mol. The first-order valence-corrected chi connectivity index (χ1v) is 8.61. The van der Waals surface area contributed by atoms with E-state index in [1.807, 2.05) is 13.0 Å². The van der Waals surface area contributed by atoms with Gasteiger partial charge in [0.2, 0.25) is 5.13 Å². The van der Waals surface area contributed by atoms with Crippen LogP contribution in [0.5, 0.6) is 0 Å². The summed E-state index contributed by atoms with van der Waals surface area (Å²) >= 11 is 2.41. The Kier molecular flexibility index (Phi) is 4.63. The average Bonchev–Trinajstić information content (AvgIpc) is 3.13. The van der Waals surface area contributed by atoms with Crippen LogP contribution in [0.2, 0.25) is 0 Å². The SMILES string of the molecule is Cc1nnc(NC(=O)c2sc(NC(=O)c3ccccc3)nc2C)s1. The second-order valence-electron chi connectivity index (χ2n) is 4.83. The Morgan fingerprint density at radius 2 is 1.62 bits per heavy atom. The minimum Gasteiger partial charge on any atom is -0.298 e. The number of benzene rings is 1. The van der Waals surface area contributed by atoms with Crippen LogP contribution in [-0.4, -0.2) is 27.0 Å². The van der Waals surface area contributed by atoms with Gasteiger partial charge in [0.1, 0.15) is 9.88 Å². The van der Waals surface area contributed by atoms with Gasteiger partial charge in [0, 0.05) is 5.56 Å². The number of nitrogens with one attached hydrogen (secondary N) is 2. The van der Waals surface area contributed by atoms with Gasteiger partial charge >= 0.3 is 0 Å². The second-order valence-corrected chi connectivity index (χ2v) is 7.01. The molecule has 1 aromatic carbocycles. The third-order valence-corrected chi connectivity index (χ3v) is 4.83. The van der Waals surface area contributed by atoms with Gasteiger partial charge in [-0.25, -0.2) is 4.98 Å². The highest BCUT2D eigenvalue weighted by molar-refractivity contribution is 7.18. The fraction of sp³-hybridized carbons (Fsp3) is 0.133. The fourth-order valence-corrected chi connectivity index (χ4v) is 3.36. The lowest BCUT2D eigenvalue weighted by Gasteiger charge is -2.00. The summed E-state index contributed by atoms with van der Waals surface area (Å²) < 4.78 is 0. The molecule has 0 aliphatic heterocycles. The van der Waals surface area contributed by atoms with Gasteiger partial charge in [-0.05, 0) is 26.0 Å². The number of rotatable bonds is 4. The number of aromatic nitrogens is 3. The van der Waals surface area contributed by atoms with Crippen molar-refractivity contribution in [1.29, 1.82) is 0 Å². The standard InChI is InChI=1S/C15H13N5O2S2/c1-8-11(13(22)18-15-20-19-9(2)23-15)24-14(16-8)17-12(21)10-6-4-3-5-7-10/h3-7H,1-2H3,(H,16,17,21)(H,18,20,22). The minimum absolute atomic E-state index is 0.268. The highest BCUT2D eigenvalue weighted by atomic mass is 32.1. The molecule has 9 heteroatoms. The summed E-state index contributed by atoms with van der Waals surface area (Å²) in [7, 11) is 0. The van der Waals surface area contributed by atoms with Crippen molar-refractivity contribution in [2.45, 2.75) is 13.8 Å². The molecule has 0 aliphatic carbocycles. The van der Waals surface area contributed by atoms with Crippen molar-refractivity contribution in [1.82, 2.24) is 15.2 Å². The number of thiazole rings is 1. The van der Waals surface area contributed by atoms with E-state index in [-0.39, 0.29) is 11.8 Å². The van der Waals surface area contributed by atoms with E-state index in [0.717, 1.165) is 16.3 Å². The molecule has 2 aromatic heterocycles. The predicted octanol–water partition coefficient (Wildman–Crippen LogP) is 3.12. The summed E-state index contributed by atoms with van der Waals surface area (Å²) in [6.45, 7) is 3.53. The van der Waals surface area contributed by atoms with E-state index in [2.05, 4.69) is 25.8 Å². The lowest BCUT2D eigenvalue weighted by atomic mass is 10.2. The topological polar surface area (TPSA) is 96.9 Å². The normalized spacial score (nSPS) is 10.4. The fourth-order valence-electron chi connectivity index (χ4n) is 1.92. The Bertz CT molecular complexity index is 888. The first-order valence-electron chi connectivity index (χ1n) is 6.98. The maximum atomic E-state index is 12.3. The van der Waals surface area contributed by atoms with Crippen LogP contribution >= 0.6 is 22.7 Å². The van der Waals surface area contributed by atoms with Crippen LogP contribution in [0, 0.1) is 13.8 Å². The zero-order valence-electron chi connectivity index (χ0n) is 12.9. The van der Waals surface area contributed by atoms with Gasteiger partial charge in [-0.2, -0.15) is 0 Å². The molecule has 0 aliphatic rings. The summed E-state index contributed by atoms with van der Waals surface area (Å²) in [6.07, 6.45) is 0. The number of nitrogens with zero attached hydrogens (tertiary/aromatic N) is 3. The molecule has 0 saturated heterocycles. The number of carbonyl (C=O) groups excluding carboxylic acids is 2. The molecule has 2 N–H and O–H groups in total. The van der Waals surface area contributed by atoms with Crippen molar-refractivity contribution in [2.24, 2.45) is 0 Å². The van der Waals surface area contributed by atoms with Crippen molar-refractivity contribution < 1.29 is 9.59 Å². The Morgan fingerprint density at radius 1 is 0.917 bits per heavy atom. The molecule has 24 heavy (non-hydrogen) atoms. The summed E-state index contributed by atoms with van der Waals surface area (Å²) in [6, 6.07) is 8.82. The van der Waals surface area contributed by atoms with Gasteiger partial charge in [-0.3, -0.25) is 20.2 Å². The smallest absolute Gasteiger partial charge is 0.269 e. The Balaban J connectivity index is 1.73. The molecule has 3 aromatic rings. The summed E-state index contributed by atoms with van der Waals surface area (Å²) in [4.78, 5) is 29.1. The van der Waals surface area contributed by atoms with Crippen LogP contribution in [0.25, 0.3) is 0 Å². The number of amides is 2. The molecule has 0 spiro atoms. The molecule has 0 unspecified atom stereocenters. The van der Waals surface area contributed by atoms with Crippen molar-refractivity contribution in [3.63, 3.8) is 0 Å². The zero-order chi connectivity index (χ0) is 17.1. The maximum absolute atomic E-state index is 12.3. The molecule has 3 rings (SSSR count). The van der Waals surface area contributed by atoms with Gasteiger partial charge in [-0.1, -0.05) is 40.9 Å². The van der Waals surface area contributed by atoms with E-state index in [4.69, 9.17) is 0 Å². The van der Waals surface area contributed by atoms with Crippen LogP contribution < -0.4 is 10.6 Å². The van der Waals surface area contributed by atoms with Crippen LogP contribution in [0.15, 0.2) is 30.3 Å². The molecular weight excluding hydrogens is 346 g/mol. The zero-order valence-corrected chi connectivity index (χ0v) is 14.5. The molecule has 0 bridgehead atoms. The van der Waals surface area contributed by atoms with Crippen molar-refractivity contribution in [3.8, 4) is 0 Å². The molecule has 7 nitrogen and oxygen atoms in total. The number of hydrogen-bond acceptors (Lipinski definition) is 7. The number of carbonyl (C=O) groups is 2. The Labute approximate surface area is 145 Å². The first-order chi connectivity index (χ1) is 11.5. The number of anilines is 2. The monoisotopic (exact) mass is 359 g/mol. The largest absolute Gasteiger partial charge is 0.298 e. The molecule has 2 amide bonds.